The van der Waals surface area contributed by atoms with Gasteiger partial charge in [0.15, 0.2) is 0 Å². The van der Waals surface area contributed by atoms with E-state index in [1.165, 1.54) is 22.9 Å². The number of hydrogen-bond donors (Lipinski definition) is 2. The molecule has 0 radical (unpaired) electrons. The van der Waals surface area contributed by atoms with E-state index in [0.29, 0.717) is 6.04 Å². The Morgan fingerprint density at radius 3 is 2.82 bits per heavy atom. The van der Waals surface area contributed by atoms with Gasteiger partial charge in [-0.05, 0) is 29.9 Å². The second kappa shape index (κ2) is 5.37. The van der Waals surface area contributed by atoms with Gasteiger partial charge in [0.2, 0.25) is 0 Å². The maximum absolute atomic E-state index is 3.61. The lowest BCUT2D eigenvalue weighted by atomic mass is 10.0. The minimum atomic E-state index is 0.560. The first-order valence-electron chi connectivity index (χ1n) is 6.50. The Kier molecular flexibility index (Phi) is 3.85. The lowest BCUT2D eigenvalue weighted by Gasteiger charge is -2.20. The quantitative estimate of drug-likeness (QED) is 0.805. The molecule has 92 valence electrons. The number of hydrogen-bond acceptors (Lipinski definition) is 1. The third kappa shape index (κ3) is 2.70. The van der Waals surface area contributed by atoms with Gasteiger partial charge in [-0.25, -0.2) is 0 Å². The van der Waals surface area contributed by atoms with Crippen LogP contribution in [-0.2, 0) is 6.54 Å². The average Bonchev–Trinajstić information content (AvgIpc) is 2.83. The van der Waals surface area contributed by atoms with Gasteiger partial charge < -0.3 is 10.3 Å². The van der Waals surface area contributed by atoms with Crippen LogP contribution in [-0.4, -0.2) is 11.0 Å². The van der Waals surface area contributed by atoms with Crippen molar-refractivity contribution >= 4 is 10.9 Å². The molecule has 2 heteroatoms. The Labute approximate surface area is 103 Å². The third-order valence-corrected chi connectivity index (χ3v) is 3.79. The number of fused-ring (bicyclic) bond motifs is 1. The van der Waals surface area contributed by atoms with E-state index in [9.17, 15) is 0 Å². The molecule has 1 aromatic carbocycles. The number of aromatic nitrogens is 1. The molecule has 2 atom stereocenters. The summed E-state index contributed by atoms with van der Waals surface area (Å²) in [5.74, 6) is 0.720. The summed E-state index contributed by atoms with van der Waals surface area (Å²) < 4.78 is 0. The van der Waals surface area contributed by atoms with Crippen molar-refractivity contribution in [2.24, 2.45) is 5.92 Å². The molecule has 0 aliphatic carbocycles. The summed E-state index contributed by atoms with van der Waals surface area (Å²) in [6, 6.07) is 9.14. The van der Waals surface area contributed by atoms with Gasteiger partial charge >= 0.3 is 0 Å². The minimum Gasteiger partial charge on any atom is -0.361 e. The molecule has 17 heavy (non-hydrogen) atoms. The maximum Gasteiger partial charge on any atom is 0.0499 e. The van der Waals surface area contributed by atoms with Crippen molar-refractivity contribution in [1.29, 1.82) is 0 Å². The summed E-state index contributed by atoms with van der Waals surface area (Å²) in [4.78, 5) is 3.32. The van der Waals surface area contributed by atoms with Gasteiger partial charge in [-0.3, -0.25) is 0 Å². The normalized spacial score (nSPS) is 15.0. The fourth-order valence-electron chi connectivity index (χ4n) is 2.12. The first kappa shape index (κ1) is 12.2. The lowest BCUT2D eigenvalue weighted by molar-refractivity contribution is 0.390. The Morgan fingerprint density at radius 1 is 1.24 bits per heavy atom. The Bertz CT molecular complexity index is 472. The molecule has 2 N–H and O–H groups in total. The highest BCUT2D eigenvalue weighted by Gasteiger charge is 2.10. The van der Waals surface area contributed by atoms with Crippen molar-refractivity contribution < 1.29 is 0 Å². The topological polar surface area (TPSA) is 27.8 Å². The molecule has 0 aliphatic heterocycles. The predicted molar refractivity (Wildman–Crippen MR) is 74.1 cm³/mol. The van der Waals surface area contributed by atoms with Gasteiger partial charge in [0.25, 0.3) is 0 Å². The zero-order valence-corrected chi connectivity index (χ0v) is 11.0. The average molecular weight is 230 g/mol. The van der Waals surface area contributed by atoms with Gasteiger partial charge in [0.05, 0.1) is 0 Å². The van der Waals surface area contributed by atoms with E-state index in [1.54, 1.807) is 0 Å². The van der Waals surface area contributed by atoms with Crippen LogP contribution in [0, 0.1) is 5.92 Å². The lowest BCUT2D eigenvalue weighted by Crippen LogP contribution is -2.31. The van der Waals surface area contributed by atoms with Crippen LogP contribution in [0.5, 0.6) is 0 Å². The van der Waals surface area contributed by atoms with Crippen molar-refractivity contribution in [1.82, 2.24) is 10.3 Å². The van der Waals surface area contributed by atoms with Crippen molar-refractivity contribution in [2.45, 2.75) is 39.8 Å². The van der Waals surface area contributed by atoms with E-state index >= 15 is 0 Å². The van der Waals surface area contributed by atoms with Crippen LogP contribution >= 0.6 is 0 Å². The first-order chi connectivity index (χ1) is 8.22. The van der Waals surface area contributed by atoms with Crippen molar-refractivity contribution in [2.75, 3.05) is 0 Å². The molecule has 0 spiro atoms. The molecule has 1 aromatic heterocycles. The van der Waals surface area contributed by atoms with E-state index in [-0.39, 0.29) is 0 Å². The molecule has 0 amide bonds. The van der Waals surface area contributed by atoms with Gasteiger partial charge in [0.1, 0.15) is 0 Å². The number of para-hydroxylation sites is 1. The van der Waals surface area contributed by atoms with Crippen LogP contribution in [0.15, 0.2) is 30.5 Å². The zero-order valence-electron chi connectivity index (χ0n) is 11.0. The standard InChI is InChI=1S/C15H22N2/c1-4-11(2)12(3)17-10-14-7-5-6-13-8-9-16-15(13)14/h5-9,11-12,16-17H,4,10H2,1-3H3. The van der Waals surface area contributed by atoms with E-state index < -0.39 is 0 Å². The molecule has 0 aliphatic rings. The Balaban J connectivity index is 2.06. The molecule has 0 saturated carbocycles. The highest BCUT2D eigenvalue weighted by atomic mass is 14.9. The highest BCUT2D eigenvalue weighted by Crippen LogP contribution is 2.17. The van der Waals surface area contributed by atoms with Crippen LogP contribution in [0.2, 0.25) is 0 Å². The highest BCUT2D eigenvalue weighted by molar-refractivity contribution is 5.82. The van der Waals surface area contributed by atoms with Gasteiger partial charge in [0, 0.05) is 24.3 Å². The van der Waals surface area contributed by atoms with Crippen molar-refractivity contribution in [3.05, 3.63) is 36.0 Å². The summed E-state index contributed by atoms with van der Waals surface area (Å²) in [7, 11) is 0. The number of aromatic amines is 1. The molecule has 2 nitrogen and oxygen atoms in total. The monoisotopic (exact) mass is 230 g/mol. The molecular weight excluding hydrogens is 208 g/mol. The van der Waals surface area contributed by atoms with Crippen LogP contribution in [0.4, 0.5) is 0 Å². The maximum atomic E-state index is 3.61. The molecule has 2 unspecified atom stereocenters. The molecule has 2 rings (SSSR count). The van der Waals surface area contributed by atoms with Gasteiger partial charge in [-0.15, -0.1) is 0 Å². The SMILES string of the molecule is CCC(C)C(C)NCc1cccc2cc[nH]c12. The molecule has 1 heterocycles. The second-order valence-electron chi connectivity index (χ2n) is 4.91. The number of H-pyrrole nitrogens is 1. The summed E-state index contributed by atoms with van der Waals surface area (Å²) in [5, 5.41) is 4.90. The third-order valence-electron chi connectivity index (χ3n) is 3.79. The Hall–Kier alpha value is -1.28. The van der Waals surface area contributed by atoms with Crippen LogP contribution in [0.1, 0.15) is 32.8 Å². The van der Waals surface area contributed by atoms with Crippen molar-refractivity contribution in [3.63, 3.8) is 0 Å². The largest absolute Gasteiger partial charge is 0.361 e. The van der Waals surface area contributed by atoms with E-state index in [0.717, 1.165) is 12.5 Å². The summed E-state index contributed by atoms with van der Waals surface area (Å²) in [6.07, 6.45) is 3.23. The predicted octanol–water partition coefficient (Wildman–Crippen LogP) is 3.69. The van der Waals surface area contributed by atoms with E-state index in [4.69, 9.17) is 0 Å². The molecule has 0 saturated heterocycles. The molecule has 2 aromatic rings. The zero-order chi connectivity index (χ0) is 12.3. The first-order valence-corrected chi connectivity index (χ1v) is 6.50. The molecule has 0 bridgehead atoms. The summed E-state index contributed by atoms with van der Waals surface area (Å²) in [5.41, 5.74) is 2.61. The van der Waals surface area contributed by atoms with Crippen LogP contribution in [0.25, 0.3) is 10.9 Å². The fourth-order valence-corrected chi connectivity index (χ4v) is 2.12. The van der Waals surface area contributed by atoms with Gasteiger partial charge in [-0.2, -0.15) is 0 Å². The van der Waals surface area contributed by atoms with Crippen molar-refractivity contribution in [3.8, 4) is 0 Å². The molecular formula is C15H22N2. The Morgan fingerprint density at radius 2 is 2.06 bits per heavy atom. The summed E-state index contributed by atoms with van der Waals surface area (Å²) >= 11 is 0. The van der Waals surface area contributed by atoms with Crippen LogP contribution in [0.3, 0.4) is 0 Å². The summed E-state index contributed by atoms with van der Waals surface area (Å²) in [6.45, 7) is 7.74. The number of rotatable bonds is 5. The number of nitrogens with one attached hydrogen (secondary N) is 2. The van der Waals surface area contributed by atoms with E-state index in [1.807, 2.05) is 6.20 Å². The smallest absolute Gasteiger partial charge is 0.0499 e. The number of benzene rings is 1. The van der Waals surface area contributed by atoms with Crippen LogP contribution < -0.4 is 5.32 Å². The molecule has 0 fully saturated rings. The second-order valence-corrected chi connectivity index (χ2v) is 4.91. The fraction of sp³-hybridized carbons (Fsp3) is 0.467. The minimum absolute atomic E-state index is 0.560. The van der Waals surface area contributed by atoms with E-state index in [2.05, 4.69) is 55.3 Å². The van der Waals surface area contributed by atoms with Gasteiger partial charge in [-0.1, -0.05) is 38.5 Å².